The van der Waals surface area contributed by atoms with E-state index in [0.717, 1.165) is 24.4 Å². The van der Waals surface area contributed by atoms with Gasteiger partial charge in [-0.2, -0.15) is 5.10 Å². The van der Waals surface area contributed by atoms with E-state index < -0.39 is 5.97 Å². The number of hydrogen-bond acceptors (Lipinski definition) is 3. The number of aromatic nitrogens is 2. The Balaban J connectivity index is 1.81. The largest absolute Gasteiger partial charge is 0.494 e. The molecule has 0 aliphatic rings. The summed E-state index contributed by atoms with van der Waals surface area (Å²) in [5, 5.41) is 13.9. The van der Waals surface area contributed by atoms with Crippen molar-refractivity contribution in [1.82, 2.24) is 9.78 Å². The number of carboxylic acids is 1. The highest BCUT2D eigenvalue weighted by atomic mass is 35.5. The summed E-state index contributed by atoms with van der Waals surface area (Å²) in [5.74, 6) is -0.283. The van der Waals surface area contributed by atoms with Crippen LogP contribution in [0.2, 0.25) is 5.02 Å². The second kappa shape index (κ2) is 6.63. The van der Waals surface area contributed by atoms with Gasteiger partial charge in [0.25, 0.3) is 0 Å². The van der Waals surface area contributed by atoms with Crippen molar-refractivity contribution in [2.24, 2.45) is 0 Å². The Bertz CT molecular complexity index is 635. The molecule has 2 aromatic rings. The summed E-state index contributed by atoms with van der Waals surface area (Å²) in [4.78, 5) is 10.7. The van der Waals surface area contributed by atoms with Gasteiger partial charge in [0.1, 0.15) is 5.75 Å². The Labute approximate surface area is 128 Å². The van der Waals surface area contributed by atoms with Crippen LogP contribution >= 0.6 is 11.6 Å². The fourth-order valence-electron chi connectivity index (χ4n) is 1.99. The van der Waals surface area contributed by atoms with Crippen LogP contribution in [-0.4, -0.2) is 27.5 Å². The fourth-order valence-corrected chi connectivity index (χ4v) is 2.13. The molecule has 0 fully saturated rings. The van der Waals surface area contributed by atoms with Crippen molar-refractivity contribution < 1.29 is 14.6 Å². The number of aryl methyl sites for hydroxylation is 2. The van der Waals surface area contributed by atoms with Crippen LogP contribution in [0.3, 0.4) is 0 Å². The quantitative estimate of drug-likeness (QED) is 0.831. The second-order valence-corrected chi connectivity index (χ2v) is 5.12. The number of rotatable bonds is 6. The predicted molar refractivity (Wildman–Crippen MR) is 80.2 cm³/mol. The average Bonchev–Trinajstić information content (AvgIpc) is 2.71. The number of aromatic carboxylic acids is 1. The monoisotopic (exact) mass is 308 g/mol. The molecule has 0 radical (unpaired) electrons. The molecule has 0 bridgehead atoms. The number of carbonyl (C=O) groups is 1. The third-order valence-corrected chi connectivity index (χ3v) is 3.72. The maximum atomic E-state index is 10.7. The Hall–Kier alpha value is -2.01. The van der Waals surface area contributed by atoms with E-state index in [-0.39, 0.29) is 5.56 Å². The van der Waals surface area contributed by atoms with E-state index in [0.29, 0.717) is 17.4 Å². The normalized spacial score (nSPS) is 10.6. The molecule has 0 aliphatic heterocycles. The fraction of sp³-hybridized carbons (Fsp3) is 0.333. The molecule has 21 heavy (non-hydrogen) atoms. The molecule has 1 aromatic heterocycles. The van der Waals surface area contributed by atoms with Gasteiger partial charge in [0, 0.05) is 13.0 Å². The Morgan fingerprint density at radius 3 is 2.52 bits per heavy atom. The first kappa shape index (κ1) is 15.4. The van der Waals surface area contributed by atoms with E-state index in [9.17, 15) is 4.79 Å². The minimum atomic E-state index is -0.942. The maximum absolute atomic E-state index is 10.7. The lowest BCUT2D eigenvalue weighted by atomic mass is 10.2. The summed E-state index contributed by atoms with van der Waals surface area (Å²) in [6.07, 6.45) is 0.791. The topological polar surface area (TPSA) is 64.4 Å². The van der Waals surface area contributed by atoms with Crippen LogP contribution in [0.15, 0.2) is 24.3 Å². The average molecular weight is 309 g/mol. The van der Waals surface area contributed by atoms with Gasteiger partial charge in [-0.05, 0) is 38.1 Å². The molecule has 2 rings (SSSR count). The van der Waals surface area contributed by atoms with Crippen LogP contribution in [0, 0.1) is 13.8 Å². The van der Waals surface area contributed by atoms with E-state index in [4.69, 9.17) is 21.4 Å². The van der Waals surface area contributed by atoms with Crippen LogP contribution in [0.1, 0.15) is 28.2 Å². The molecule has 1 aromatic carbocycles. The lowest BCUT2D eigenvalue weighted by Crippen LogP contribution is -2.07. The van der Waals surface area contributed by atoms with E-state index in [1.165, 1.54) is 12.1 Å². The van der Waals surface area contributed by atoms with Crippen molar-refractivity contribution in [3.63, 3.8) is 0 Å². The van der Waals surface area contributed by atoms with E-state index in [1.807, 2.05) is 18.5 Å². The minimum Gasteiger partial charge on any atom is -0.494 e. The van der Waals surface area contributed by atoms with Crippen molar-refractivity contribution in [2.45, 2.75) is 26.8 Å². The third kappa shape index (κ3) is 3.76. The zero-order valence-electron chi connectivity index (χ0n) is 12.0. The summed E-state index contributed by atoms with van der Waals surface area (Å²) >= 11 is 6.08. The van der Waals surface area contributed by atoms with Crippen LogP contribution < -0.4 is 4.74 Å². The highest BCUT2D eigenvalue weighted by Gasteiger charge is 2.08. The summed E-state index contributed by atoms with van der Waals surface area (Å²) in [6, 6.07) is 6.37. The van der Waals surface area contributed by atoms with E-state index in [1.54, 1.807) is 12.1 Å². The number of nitrogens with zero attached hydrogens (tertiary/aromatic N) is 2. The second-order valence-electron chi connectivity index (χ2n) is 4.74. The molecule has 0 amide bonds. The summed E-state index contributed by atoms with van der Waals surface area (Å²) < 4.78 is 7.44. The number of benzene rings is 1. The third-order valence-electron chi connectivity index (χ3n) is 3.18. The molecule has 0 saturated heterocycles. The minimum absolute atomic E-state index is 0.250. The molecule has 0 saturated carbocycles. The van der Waals surface area contributed by atoms with Crippen LogP contribution in [0.4, 0.5) is 0 Å². The summed E-state index contributed by atoms with van der Waals surface area (Å²) in [7, 11) is 0. The van der Waals surface area contributed by atoms with Crippen molar-refractivity contribution in [3.8, 4) is 5.75 Å². The number of halogens is 1. The Morgan fingerprint density at radius 1 is 1.33 bits per heavy atom. The molecule has 6 heteroatoms. The molecule has 0 aliphatic carbocycles. The zero-order valence-corrected chi connectivity index (χ0v) is 12.7. The molecule has 1 heterocycles. The van der Waals surface area contributed by atoms with Crippen molar-refractivity contribution in [3.05, 3.63) is 46.2 Å². The van der Waals surface area contributed by atoms with Gasteiger partial charge in [-0.1, -0.05) is 11.6 Å². The summed E-state index contributed by atoms with van der Waals surface area (Å²) in [5.41, 5.74) is 2.04. The molecule has 0 atom stereocenters. The first-order valence-corrected chi connectivity index (χ1v) is 7.02. The predicted octanol–water partition coefficient (Wildman–Crippen LogP) is 3.32. The lowest BCUT2D eigenvalue weighted by Gasteiger charge is -2.07. The molecule has 0 unspecified atom stereocenters. The van der Waals surface area contributed by atoms with Gasteiger partial charge in [-0.25, -0.2) is 4.79 Å². The van der Waals surface area contributed by atoms with Gasteiger partial charge < -0.3 is 9.84 Å². The number of ether oxygens (including phenoxy) is 1. The molecule has 5 nitrogen and oxygen atoms in total. The number of carboxylic acid groups (broad SMARTS) is 1. The Kier molecular flexibility index (Phi) is 4.85. The van der Waals surface area contributed by atoms with Crippen LogP contribution in [-0.2, 0) is 6.54 Å². The van der Waals surface area contributed by atoms with Gasteiger partial charge >= 0.3 is 5.97 Å². The van der Waals surface area contributed by atoms with Gasteiger partial charge in [-0.15, -0.1) is 0 Å². The van der Waals surface area contributed by atoms with E-state index >= 15 is 0 Å². The van der Waals surface area contributed by atoms with Crippen molar-refractivity contribution in [2.75, 3.05) is 6.61 Å². The Morgan fingerprint density at radius 2 is 2.00 bits per heavy atom. The van der Waals surface area contributed by atoms with E-state index in [2.05, 4.69) is 5.10 Å². The molecular weight excluding hydrogens is 292 g/mol. The lowest BCUT2D eigenvalue weighted by molar-refractivity contribution is 0.0697. The molecule has 112 valence electrons. The van der Waals surface area contributed by atoms with Crippen LogP contribution in [0.25, 0.3) is 0 Å². The van der Waals surface area contributed by atoms with Crippen molar-refractivity contribution in [1.29, 1.82) is 0 Å². The first-order valence-electron chi connectivity index (χ1n) is 6.64. The van der Waals surface area contributed by atoms with Crippen molar-refractivity contribution >= 4 is 17.6 Å². The zero-order chi connectivity index (χ0) is 15.4. The molecule has 1 N–H and O–H groups in total. The molecular formula is C15H17ClN2O3. The smallest absolute Gasteiger partial charge is 0.335 e. The summed E-state index contributed by atoms with van der Waals surface area (Å²) in [6.45, 7) is 5.08. The van der Waals surface area contributed by atoms with Gasteiger partial charge in [0.05, 0.1) is 28.6 Å². The van der Waals surface area contributed by atoms with Gasteiger partial charge in [-0.3, -0.25) is 4.68 Å². The first-order chi connectivity index (χ1) is 9.99. The molecule has 0 spiro atoms. The van der Waals surface area contributed by atoms with Crippen LogP contribution in [0.5, 0.6) is 5.75 Å². The SMILES string of the molecule is Cc1nn(CCCOc2ccc(C(=O)O)cc2)c(C)c1Cl. The highest BCUT2D eigenvalue weighted by molar-refractivity contribution is 6.31. The standard InChI is InChI=1S/C15H17ClN2O3/c1-10-14(16)11(2)18(17-10)8-3-9-21-13-6-4-12(5-7-13)15(19)20/h4-7H,3,8-9H2,1-2H3,(H,19,20). The number of hydrogen-bond donors (Lipinski definition) is 1. The van der Waals surface area contributed by atoms with Gasteiger partial charge in [0.15, 0.2) is 0 Å². The van der Waals surface area contributed by atoms with Gasteiger partial charge in [0.2, 0.25) is 0 Å². The maximum Gasteiger partial charge on any atom is 0.335 e. The highest BCUT2D eigenvalue weighted by Crippen LogP contribution is 2.19.